The lowest BCUT2D eigenvalue weighted by Gasteiger charge is -2.33. The monoisotopic (exact) mass is 348 g/mol. The van der Waals surface area contributed by atoms with Crippen LogP contribution in [-0.2, 0) is 9.47 Å². The molecule has 0 spiro atoms. The van der Waals surface area contributed by atoms with Gasteiger partial charge in [0.2, 0.25) is 0 Å². The molecule has 8 heteroatoms. The fourth-order valence-electron chi connectivity index (χ4n) is 1.88. The van der Waals surface area contributed by atoms with Gasteiger partial charge < -0.3 is 30.3 Å². The molecule has 0 aliphatic heterocycles. The molecule has 0 unspecified atom stereocenters. The minimum absolute atomic E-state index is 0.0957. The zero-order valence-electron chi connectivity index (χ0n) is 15.7. The molecule has 0 aromatic heterocycles. The fourth-order valence-corrected chi connectivity index (χ4v) is 1.88. The summed E-state index contributed by atoms with van der Waals surface area (Å²) < 4.78 is 10.3. The van der Waals surface area contributed by atoms with Crippen LogP contribution in [0.4, 0.5) is 9.59 Å². The standard InChI is InChI=1S/C16H32N2O6/c1-14(2,3)23-12(21)17-11(9-19)8-16(7,10-20)18-13(22)24-15(4,5)6/h11,19-20H,8-10H2,1-7H3,(H,17,21)(H,18,22)/t11-,16-/m1/s1. The van der Waals surface area contributed by atoms with Gasteiger partial charge in [-0.15, -0.1) is 0 Å². The second-order valence-corrected chi connectivity index (χ2v) is 8.08. The number of hydrogen-bond acceptors (Lipinski definition) is 6. The predicted octanol–water partition coefficient (Wildman–Crippen LogP) is 1.54. The average molecular weight is 348 g/mol. The molecule has 8 nitrogen and oxygen atoms in total. The number of carbonyl (C=O) groups excluding carboxylic acids is 2. The molecular formula is C16H32N2O6. The number of hydrogen-bond donors (Lipinski definition) is 4. The zero-order chi connectivity index (χ0) is 19.2. The van der Waals surface area contributed by atoms with E-state index in [-0.39, 0.29) is 13.0 Å². The smallest absolute Gasteiger partial charge is 0.408 e. The van der Waals surface area contributed by atoms with Gasteiger partial charge in [-0.3, -0.25) is 0 Å². The lowest BCUT2D eigenvalue weighted by Crippen LogP contribution is -2.55. The first-order valence-corrected chi connectivity index (χ1v) is 7.92. The zero-order valence-corrected chi connectivity index (χ0v) is 15.7. The van der Waals surface area contributed by atoms with Crippen LogP contribution in [-0.4, -0.2) is 58.4 Å². The molecule has 0 aromatic carbocycles. The molecule has 24 heavy (non-hydrogen) atoms. The van der Waals surface area contributed by atoms with Gasteiger partial charge in [-0.1, -0.05) is 0 Å². The summed E-state index contributed by atoms with van der Waals surface area (Å²) in [6, 6.07) is -0.702. The number of aliphatic hydroxyl groups is 2. The van der Waals surface area contributed by atoms with Crippen molar-refractivity contribution in [1.82, 2.24) is 10.6 Å². The third-order valence-electron chi connectivity index (χ3n) is 2.79. The van der Waals surface area contributed by atoms with Crippen LogP contribution in [0.15, 0.2) is 0 Å². The van der Waals surface area contributed by atoms with Crippen molar-refractivity contribution in [2.75, 3.05) is 13.2 Å². The maximum atomic E-state index is 11.9. The summed E-state index contributed by atoms with van der Waals surface area (Å²) in [5, 5.41) is 24.2. The number of carbonyl (C=O) groups is 2. The van der Waals surface area contributed by atoms with E-state index in [4.69, 9.17) is 9.47 Å². The highest BCUT2D eigenvalue weighted by Crippen LogP contribution is 2.15. The van der Waals surface area contributed by atoms with Crippen LogP contribution in [0.2, 0.25) is 0 Å². The number of amides is 2. The maximum absolute atomic E-state index is 11.9. The van der Waals surface area contributed by atoms with E-state index in [0.29, 0.717) is 0 Å². The van der Waals surface area contributed by atoms with Crippen LogP contribution in [0.3, 0.4) is 0 Å². The van der Waals surface area contributed by atoms with Crippen molar-refractivity contribution in [3.8, 4) is 0 Å². The molecule has 4 N–H and O–H groups in total. The highest BCUT2D eigenvalue weighted by molar-refractivity contribution is 5.69. The van der Waals surface area contributed by atoms with Gasteiger partial charge in [0.25, 0.3) is 0 Å². The topological polar surface area (TPSA) is 117 Å². The molecule has 0 aromatic rings. The van der Waals surface area contributed by atoms with Crippen molar-refractivity contribution >= 4 is 12.2 Å². The van der Waals surface area contributed by atoms with E-state index in [2.05, 4.69) is 10.6 Å². The van der Waals surface area contributed by atoms with Gasteiger partial charge in [-0.05, 0) is 54.9 Å². The molecule has 0 aliphatic rings. The minimum Gasteiger partial charge on any atom is -0.444 e. The first-order chi connectivity index (χ1) is 10.7. The molecular weight excluding hydrogens is 316 g/mol. The first-order valence-electron chi connectivity index (χ1n) is 7.92. The van der Waals surface area contributed by atoms with E-state index in [1.807, 2.05) is 0 Å². The van der Waals surface area contributed by atoms with Crippen LogP contribution in [0, 0.1) is 0 Å². The van der Waals surface area contributed by atoms with Crippen molar-refractivity contribution < 1.29 is 29.3 Å². The molecule has 0 radical (unpaired) electrons. The fraction of sp³-hybridized carbons (Fsp3) is 0.875. The third kappa shape index (κ3) is 10.3. The summed E-state index contributed by atoms with van der Waals surface area (Å²) in [5.41, 5.74) is -2.42. The van der Waals surface area contributed by atoms with E-state index in [9.17, 15) is 19.8 Å². The molecule has 0 heterocycles. The van der Waals surface area contributed by atoms with Gasteiger partial charge in [0.05, 0.1) is 24.8 Å². The molecule has 0 saturated heterocycles. The van der Waals surface area contributed by atoms with Crippen molar-refractivity contribution in [2.24, 2.45) is 0 Å². The maximum Gasteiger partial charge on any atom is 0.408 e. The Morgan fingerprint density at radius 3 is 1.75 bits per heavy atom. The molecule has 0 aliphatic carbocycles. The van der Waals surface area contributed by atoms with Crippen molar-refractivity contribution in [3.63, 3.8) is 0 Å². The second kappa shape index (κ2) is 8.53. The first kappa shape index (κ1) is 22.5. The third-order valence-corrected chi connectivity index (χ3v) is 2.79. The Morgan fingerprint density at radius 1 is 0.917 bits per heavy atom. The Labute approximate surface area is 143 Å². The molecule has 0 fully saturated rings. The van der Waals surface area contributed by atoms with Crippen molar-refractivity contribution in [1.29, 1.82) is 0 Å². The molecule has 0 saturated carbocycles. The van der Waals surface area contributed by atoms with Gasteiger partial charge in [-0.2, -0.15) is 0 Å². The Morgan fingerprint density at radius 2 is 1.38 bits per heavy atom. The Bertz CT molecular complexity index is 427. The van der Waals surface area contributed by atoms with Crippen LogP contribution >= 0.6 is 0 Å². The number of rotatable bonds is 6. The van der Waals surface area contributed by atoms with E-state index in [0.717, 1.165) is 0 Å². The summed E-state index contributed by atoms with van der Waals surface area (Å²) in [6.07, 6.45) is -1.27. The van der Waals surface area contributed by atoms with Crippen LogP contribution in [0.1, 0.15) is 54.9 Å². The molecule has 142 valence electrons. The Balaban J connectivity index is 4.79. The minimum atomic E-state index is -1.08. The summed E-state index contributed by atoms with van der Waals surface area (Å²) in [7, 11) is 0. The summed E-state index contributed by atoms with van der Waals surface area (Å²) in [6.45, 7) is 11.2. The summed E-state index contributed by atoms with van der Waals surface area (Å²) in [5.74, 6) is 0. The van der Waals surface area contributed by atoms with E-state index in [1.54, 1.807) is 48.5 Å². The van der Waals surface area contributed by atoms with E-state index in [1.165, 1.54) is 0 Å². The van der Waals surface area contributed by atoms with Crippen molar-refractivity contribution in [2.45, 2.75) is 77.7 Å². The molecule has 2 atom stereocenters. The normalized spacial score (nSPS) is 15.9. The average Bonchev–Trinajstić information content (AvgIpc) is 2.32. The number of ether oxygens (including phenoxy) is 2. The lowest BCUT2D eigenvalue weighted by atomic mass is 9.94. The lowest BCUT2D eigenvalue weighted by molar-refractivity contribution is 0.0358. The quantitative estimate of drug-likeness (QED) is 0.578. The summed E-state index contributed by atoms with van der Waals surface area (Å²) >= 11 is 0. The number of alkyl carbamates (subject to hydrolysis) is 2. The van der Waals surface area contributed by atoms with E-state index < -0.39 is 41.6 Å². The SMILES string of the molecule is CC(C)(C)OC(=O)N[C@@H](CO)C[C@](C)(CO)NC(=O)OC(C)(C)C. The van der Waals surface area contributed by atoms with Gasteiger partial charge in [0.1, 0.15) is 11.2 Å². The Kier molecular flexibility index (Phi) is 7.98. The Hall–Kier alpha value is -1.54. The highest BCUT2D eigenvalue weighted by Gasteiger charge is 2.32. The largest absolute Gasteiger partial charge is 0.444 e. The molecule has 0 bridgehead atoms. The van der Waals surface area contributed by atoms with Crippen LogP contribution in [0.25, 0.3) is 0 Å². The van der Waals surface area contributed by atoms with Gasteiger partial charge >= 0.3 is 12.2 Å². The number of aliphatic hydroxyl groups excluding tert-OH is 2. The van der Waals surface area contributed by atoms with Crippen LogP contribution in [0.5, 0.6) is 0 Å². The predicted molar refractivity (Wildman–Crippen MR) is 89.7 cm³/mol. The van der Waals surface area contributed by atoms with Crippen molar-refractivity contribution in [3.05, 3.63) is 0 Å². The van der Waals surface area contributed by atoms with Gasteiger partial charge in [0.15, 0.2) is 0 Å². The van der Waals surface area contributed by atoms with Gasteiger partial charge in [0, 0.05) is 0 Å². The summed E-state index contributed by atoms with van der Waals surface area (Å²) in [4.78, 5) is 23.7. The molecule has 2 amide bonds. The van der Waals surface area contributed by atoms with Gasteiger partial charge in [-0.25, -0.2) is 9.59 Å². The van der Waals surface area contributed by atoms with E-state index >= 15 is 0 Å². The highest BCUT2D eigenvalue weighted by atomic mass is 16.6. The number of nitrogens with one attached hydrogen (secondary N) is 2. The molecule has 0 rings (SSSR count). The second-order valence-electron chi connectivity index (χ2n) is 8.08. The van der Waals surface area contributed by atoms with Crippen LogP contribution < -0.4 is 10.6 Å².